The fourth-order valence-electron chi connectivity index (χ4n) is 10.4. The number of rotatable bonds is 28. The van der Waals surface area contributed by atoms with Gasteiger partial charge in [0.1, 0.15) is 23.0 Å². The molecule has 0 saturated carbocycles. The predicted octanol–water partition coefficient (Wildman–Crippen LogP) is 19.3. The predicted molar refractivity (Wildman–Crippen MR) is 474 cm³/mol. The van der Waals surface area contributed by atoms with Crippen LogP contribution in [0.15, 0.2) is 188 Å². The van der Waals surface area contributed by atoms with E-state index in [1.165, 1.54) is 24.3 Å². The molecule has 28 heteroatoms. The van der Waals surface area contributed by atoms with Gasteiger partial charge in [-0.2, -0.15) is 0 Å². The first-order valence-corrected chi connectivity index (χ1v) is 41.5. The van der Waals surface area contributed by atoms with Gasteiger partial charge in [0.25, 0.3) is 0 Å². The molecule has 0 radical (unpaired) electrons. The maximum Gasteiger partial charge on any atom is 0.328 e. The number of carboxylic acid groups (broad SMARTS) is 4. The number of methoxy groups -OCH3 is 4. The Balaban J connectivity index is 0.000000258. The van der Waals surface area contributed by atoms with Crippen LogP contribution < -0.4 is 38.5 Å². The van der Waals surface area contributed by atoms with Crippen LogP contribution >= 0.6 is 154 Å². The molecule has 4 N–H and O–H groups in total. The lowest BCUT2D eigenvalue weighted by molar-refractivity contribution is -0.132. The van der Waals surface area contributed by atoms with Gasteiger partial charge in [-0.25, -0.2) is 19.2 Å². The van der Waals surface area contributed by atoms with E-state index in [2.05, 4.69) is 63.7 Å². The van der Waals surface area contributed by atoms with Gasteiger partial charge < -0.3 is 59.0 Å². The lowest BCUT2D eigenvalue weighted by Gasteiger charge is -2.26. The van der Waals surface area contributed by atoms with E-state index in [9.17, 15) is 38.4 Å². The van der Waals surface area contributed by atoms with Gasteiger partial charge in [0, 0.05) is 42.2 Å². The second kappa shape index (κ2) is 46.2. The van der Waals surface area contributed by atoms with Crippen LogP contribution in [0, 0.1) is 27.7 Å². The summed E-state index contributed by atoms with van der Waals surface area (Å²) < 4.78 is 24.9. The number of carbonyl (C=O) groups excluding carboxylic acids is 4. The van der Waals surface area contributed by atoms with Crippen molar-refractivity contribution in [2.45, 2.75) is 53.9 Å². The van der Waals surface area contributed by atoms with Crippen LogP contribution in [0.1, 0.15) is 66.8 Å². The molecule has 0 bridgehead atoms. The summed E-state index contributed by atoms with van der Waals surface area (Å²) in [6.45, 7) is 9.12. The van der Waals surface area contributed by atoms with Crippen LogP contribution in [-0.2, 0) is 64.5 Å². The van der Waals surface area contributed by atoms with Gasteiger partial charge in [-0.05, 0) is 280 Å². The number of carboxylic acids is 4. The van der Waals surface area contributed by atoms with Gasteiger partial charge >= 0.3 is 23.9 Å². The number of aryl methyl sites for hydroxylation is 4. The summed E-state index contributed by atoms with van der Waals surface area (Å²) in [6.07, 6.45) is 10.3. The van der Waals surface area contributed by atoms with Crippen molar-refractivity contribution in [1.82, 2.24) is 0 Å². The minimum Gasteiger partial charge on any atom is -0.497 e. The van der Waals surface area contributed by atoms with E-state index in [1.807, 2.05) is 264 Å². The molecule has 8 rings (SSSR count). The number of hydrogen-bond donors (Lipinski definition) is 4. The molecule has 0 aromatic heterocycles. The van der Waals surface area contributed by atoms with Crippen LogP contribution in [0.25, 0.3) is 24.3 Å². The average Bonchev–Trinajstić information content (AvgIpc) is 0.819. The van der Waals surface area contributed by atoms with E-state index in [0.29, 0.717) is 88.9 Å². The Labute approximate surface area is 715 Å². The van der Waals surface area contributed by atoms with E-state index >= 15 is 0 Å². The van der Waals surface area contributed by atoms with E-state index in [4.69, 9.17) is 39.4 Å². The maximum absolute atomic E-state index is 12.7. The van der Waals surface area contributed by atoms with Gasteiger partial charge in [-0.3, -0.25) is 19.2 Å². The highest BCUT2D eigenvalue weighted by atomic mass is 127. The minimum absolute atomic E-state index is 0.0686. The second-order valence-corrected chi connectivity index (χ2v) is 29.7. The van der Waals surface area contributed by atoms with Crippen LogP contribution in [0.3, 0.4) is 0 Å². The van der Waals surface area contributed by atoms with Gasteiger partial charge in [-0.1, -0.05) is 139 Å². The summed E-state index contributed by atoms with van der Waals surface area (Å²) in [5.41, 5.74) is 12.8. The summed E-state index contributed by atoms with van der Waals surface area (Å²) in [7, 11) is 6.41. The highest BCUT2D eigenvalue weighted by Gasteiger charge is 2.26. The number of halogens is 8. The largest absolute Gasteiger partial charge is 0.497 e. The van der Waals surface area contributed by atoms with Gasteiger partial charge in [-0.15, -0.1) is 0 Å². The third kappa shape index (κ3) is 28.8. The fraction of sp³-hybridized carbons (Fsp3) is 0.200. The smallest absolute Gasteiger partial charge is 0.328 e. The first-order chi connectivity index (χ1) is 51.4. The third-order valence-corrected chi connectivity index (χ3v) is 20.3. The molecule has 0 fully saturated rings. The zero-order valence-electron chi connectivity index (χ0n) is 59.6. The molecule has 0 unspecified atom stereocenters. The number of aliphatic carboxylic acids is 4. The summed E-state index contributed by atoms with van der Waals surface area (Å²) in [6, 6.07) is 45.1. The minimum atomic E-state index is -1.04. The lowest BCUT2D eigenvalue weighted by atomic mass is 10.1. The number of amides is 4. The van der Waals surface area contributed by atoms with E-state index in [1.54, 1.807) is 48.0 Å². The molecule has 0 heterocycles. The third-order valence-electron chi connectivity index (χ3n) is 15.3. The highest BCUT2D eigenvalue weighted by Crippen LogP contribution is 2.39. The van der Waals surface area contributed by atoms with Gasteiger partial charge in [0.05, 0.1) is 95.1 Å². The Bertz CT molecular complexity index is 4040. The highest BCUT2D eigenvalue weighted by molar-refractivity contribution is 14.1. The van der Waals surface area contributed by atoms with E-state index < -0.39 is 23.9 Å². The molecule has 568 valence electrons. The van der Waals surface area contributed by atoms with Crippen molar-refractivity contribution in [1.29, 1.82) is 0 Å². The van der Waals surface area contributed by atoms with Crippen molar-refractivity contribution in [3.63, 3.8) is 0 Å². The Kier molecular flexibility index (Phi) is 39.0. The quantitative estimate of drug-likeness (QED) is 0.0202. The van der Waals surface area contributed by atoms with E-state index in [-0.39, 0.29) is 23.6 Å². The number of ether oxygens (including phenoxy) is 4. The Hall–Kier alpha value is -7.48. The fourth-order valence-corrected chi connectivity index (χ4v) is 15.3. The number of carbonyl (C=O) groups is 8. The van der Waals surface area contributed by atoms with Gasteiger partial charge in [0.2, 0.25) is 23.6 Å². The Morgan fingerprint density at radius 2 is 0.481 bits per heavy atom. The lowest BCUT2D eigenvalue weighted by Crippen LogP contribution is -2.32. The van der Waals surface area contributed by atoms with Crippen LogP contribution in [0.4, 0.5) is 22.7 Å². The van der Waals surface area contributed by atoms with Crippen LogP contribution in [0.5, 0.6) is 23.0 Å². The van der Waals surface area contributed by atoms with E-state index in [0.717, 1.165) is 110 Å². The SMILES string of the molecule is COc1ccc(CN(C(=O)CI)c2c(Br)cc(C)cc2/C=C/C(=O)O)cc1.COc1ccc(CN(C(=O)CI)c2c(Br)cc(C)cc2/C=C/C(=O)O)cc1.COc1ccc(CN(C(=O)CI)c2c(Br)cc(C)cc2/C=C/C(=O)O)cc1.COc1ccc(CN(C(=O)CI)c2c(Br)cc(C)cc2/C=C/C(=O)O)cc1. The molecule has 4 amide bonds. The molecule has 0 aliphatic rings. The first-order valence-electron chi connectivity index (χ1n) is 32.2. The molecule has 8 aromatic carbocycles. The number of anilines is 4. The number of benzene rings is 8. The van der Waals surface area contributed by atoms with Gasteiger partial charge in [0.15, 0.2) is 0 Å². The molecule has 0 saturated heterocycles. The second-order valence-electron chi connectivity index (χ2n) is 23.3. The molecule has 20 nitrogen and oxygen atoms in total. The normalized spacial score (nSPS) is 10.8. The molecular formula is C80H76Br4I4N4O16. The Morgan fingerprint density at radius 3 is 0.620 bits per heavy atom. The molecule has 0 atom stereocenters. The summed E-state index contributed by atoms with van der Waals surface area (Å²) in [5.74, 6) is -1.47. The van der Waals surface area contributed by atoms with Crippen molar-refractivity contribution < 1.29 is 77.7 Å². The number of nitrogens with zero attached hydrogens (tertiary/aromatic N) is 4. The zero-order chi connectivity index (χ0) is 79.9. The van der Waals surface area contributed by atoms with Crippen molar-refractivity contribution >= 4 is 249 Å². The maximum atomic E-state index is 12.7. The molecule has 0 aliphatic heterocycles. The van der Waals surface area contributed by atoms with Crippen LogP contribution in [-0.4, -0.2) is 114 Å². The number of alkyl halides is 4. The zero-order valence-corrected chi connectivity index (χ0v) is 74.6. The molecule has 108 heavy (non-hydrogen) atoms. The topological polar surface area (TPSA) is 267 Å². The van der Waals surface area contributed by atoms with Crippen molar-refractivity contribution in [3.05, 3.63) is 255 Å². The van der Waals surface area contributed by atoms with Crippen LogP contribution in [0.2, 0.25) is 0 Å². The van der Waals surface area contributed by atoms with Crippen molar-refractivity contribution in [2.75, 3.05) is 65.7 Å². The van der Waals surface area contributed by atoms with Crippen molar-refractivity contribution in [3.8, 4) is 23.0 Å². The number of hydrogen-bond acceptors (Lipinski definition) is 12. The van der Waals surface area contributed by atoms with Crippen molar-refractivity contribution in [2.24, 2.45) is 0 Å². The standard InChI is InChI=1S/4C20H19BrINO4/c4*1-13-9-15(5-8-19(25)26)20(17(21)10-13)23(18(24)11-22)12-14-3-6-16(27-2)7-4-14/h4*3-10H,11-12H2,1-2H3,(H,25,26)/b4*8-5+. The summed E-state index contributed by atoms with van der Waals surface area (Å²) in [4.78, 5) is 101. The summed E-state index contributed by atoms with van der Waals surface area (Å²) in [5, 5.41) is 36.0. The molecule has 0 spiro atoms. The monoisotopic (exact) mass is 2170 g/mol. The average molecular weight is 2180 g/mol. The Morgan fingerprint density at radius 1 is 0.315 bits per heavy atom. The first kappa shape index (κ1) is 91.1. The summed E-state index contributed by atoms with van der Waals surface area (Å²) >= 11 is 22.3. The molecular weight excluding hydrogens is 2100 g/mol. The molecule has 8 aromatic rings. The molecule has 0 aliphatic carbocycles.